The lowest BCUT2D eigenvalue weighted by atomic mass is 10.1. The number of Topliss-reactive ketones (excluding diaryl/α,β-unsaturated/α-hetero) is 1. The largest absolute Gasteiger partial charge is 0.301 e. The Morgan fingerprint density at radius 2 is 2.00 bits per heavy atom. The Bertz CT molecular complexity index is 527. The molecule has 2 rings (SSSR count). The molecule has 0 saturated heterocycles. The van der Waals surface area contributed by atoms with Gasteiger partial charge >= 0.3 is 0 Å². The summed E-state index contributed by atoms with van der Waals surface area (Å²) in [6.45, 7) is 5.35. The van der Waals surface area contributed by atoms with Gasteiger partial charge in [0.2, 0.25) is 0 Å². The molecule has 98 valence electrons. The fraction of sp³-hybridized carbons (Fsp3) is 0.267. The third-order valence-corrected chi connectivity index (χ3v) is 3.26. The first kappa shape index (κ1) is 13.2. The average Bonchev–Trinajstić information content (AvgIpc) is 2.65. The first-order valence-corrected chi connectivity index (χ1v) is 6.13. The van der Waals surface area contributed by atoms with Crippen molar-refractivity contribution in [3.63, 3.8) is 0 Å². The molecule has 1 aliphatic rings. The van der Waals surface area contributed by atoms with E-state index in [2.05, 4.69) is 6.58 Å². The van der Waals surface area contributed by atoms with Gasteiger partial charge < -0.3 is 9.59 Å². The van der Waals surface area contributed by atoms with E-state index in [1.165, 1.54) is 11.8 Å². The zero-order valence-corrected chi connectivity index (χ0v) is 10.8. The molecule has 0 fully saturated rings. The molecule has 1 aromatic rings. The van der Waals surface area contributed by atoms with Crippen molar-refractivity contribution in [2.24, 2.45) is 0 Å². The fourth-order valence-corrected chi connectivity index (χ4v) is 2.26. The van der Waals surface area contributed by atoms with Gasteiger partial charge in [0.15, 0.2) is 0 Å². The van der Waals surface area contributed by atoms with Gasteiger partial charge in [0.1, 0.15) is 12.1 Å². The van der Waals surface area contributed by atoms with Crippen molar-refractivity contribution in [2.75, 3.05) is 0 Å². The average molecular weight is 257 g/mol. The van der Waals surface area contributed by atoms with Crippen LogP contribution in [0.3, 0.4) is 0 Å². The number of hydrogen-bond acceptors (Lipinski definition) is 3. The molecule has 4 nitrogen and oxygen atoms in total. The van der Waals surface area contributed by atoms with Gasteiger partial charge in [-0.05, 0) is 19.4 Å². The van der Waals surface area contributed by atoms with Crippen LogP contribution >= 0.6 is 0 Å². The summed E-state index contributed by atoms with van der Waals surface area (Å²) in [6.07, 6.45) is 1.31. The molecular weight excluding hydrogens is 242 g/mol. The molecule has 0 saturated carbocycles. The normalized spacial score (nSPS) is 15.3. The lowest BCUT2D eigenvalue weighted by Crippen LogP contribution is -2.36. The van der Waals surface area contributed by atoms with Crippen LogP contribution in [-0.2, 0) is 9.59 Å². The van der Waals surface area contributed by atoms with Crippen molar-refractivity contribution < 1.29 is 14.4 Å². The molecule has 0 aliphatic carbocycles. The highest BCUT2D eigenvalue weighted by atomic mass is 16.2. The molecule has 1 aromatic carbocycles. The van der Waals surface area contributed by atoms with E-state index in [1.807, 2.05) is 12.1 Å². The van der Waals surface area contributed by atoms with Crippen molar-refractivity contribution in [3.8, 4) is 0 Å². The van der Waals surface area contributed by atoms with Crippen LogP contribution < -0.4 is 0 Å². The molecular formula is C15H15NO3. The molecule has 0 spiro atoms. The number of fused-ring (bicyclic) bond motifs is 1. The summed E-state index contributed by atoms with van der Waals surface area (Å²) < 4.78 is 0. The third kappa shape index (κ3) is 2.34. The summed E-state index contributed by atoms with van der Waals surface area (Å²) in [7, 11) is 0. The van der Waals surface area contributed by atoms with E-state index in [-0.39, 0.29) is 18.1 Å². The summed E-state index contributed by atoms with van der Waals surface area (Å²) in [6, 6.07) is 6.50. The summed E-state index contributed by atoms with van der Waals surface area (Å²) in [5.74, 6) is -0.220. The van der Waals surface area contributed by atoms with E-state index in [1.54, 1.807) is 12.1 Å². The lowest BCUT2D eigenvalue weighted by molar-refractivity contribution is -0.117. The minimum atomic E-state index is -0.628. The summed E-state index contributed by atoms with van der Waals surface area (Å²) in [4.78, 5) is 35.9. The number of hydrogen-bond donors (Lipinski definition) is 0. The second-order valence-electron chi connectivity index (χ2n) is 4.61. The van der Waals surface area contributed by atoms with Gasteiger partial charge in [-0.1, -0.05) is 24.8 Å². The second-order valence-corrected chi connectivity index (χ2v) is 4.61. The standard InChI is InChI=1S/C15H15NO3/c1-10(18)7-8-12(9-17)16-11(2)13-5-3-4-6-14(13)15(16)19/h3-6,9,12H,2,7-8H2,1H3. The fourth-order valence-electron chi connectivity index (χ4n) is 2.26. The zero-order chi connectivity index (χ0) is 14.0. The van der Waals surface area contributed by atoms with Gasteiger partial charge in [0.25, 0.3) is 5.91 Å². The number of ketones is 1. The monoisotopic (exact) mass is 257 g/mol. The Kier molecular flexibility index (Phi) is 3.60. The minimum absolute atomic E-state index is 0.00150. The molecule has 1 amide bonds. The van der Waals surface area contributed by atoms with Crippen molar-refractivity contribution in [1.29, 1.82) is 0 Å². The summed E-state index contributed by atoms with van der Waals surface area (Å²) in [5, 5.41) is 0. The van der Waals surface area contributed by atoms with Crippen molar-refractivity contribution in [2.45, 2.75) is 25.8 Å². The Morgan fingerprint density at radius 1 is 1.37 bits per heavy atom. The van der Waals surface area contributed by atoms with Crippen LogP contribution in [0.4, 0.5) is 0 Å². The second kappa shape index (κ2) is 5.18. The number of aldehydes is 1. The topological polar surface area (TPSA) is 54.5 Å². The van der Waals surface area contributed by atoms with Gasteiger partial charge in [-0.25, -0.2) is 0 Å². The SMILES string of the molecule is C=C1c2ccccc2C(=O)N1C(C=O)CCC(C)=O. The maximum Gasteiger partial charge on any atom is 0.259 e. The van der Waals surface area contributed by atoms with Crippen LogP contribution in [0.2, 0.25) is 0 Å². The van der Waals surface area contributed by atoms with Crippen molar-refractivity contribution in [3.05, 3.63) is 42.0 Å². The first-order chi connectivity index (χ1) is 9.06. The van der Waals surface area contributed by atoms with Crippen LogP contribution in [0.5, 0.6) is 0 Å². The highest BCUT2D eigenvalue weighted by molar-refractivity contribution is 6.10. The van der Waals surface area contributed by atoms with E-state index < -0.39 is 6.04 Å². The molecule has 19 heavy (non-hydrogen) atoms. The van der Waals surface area contributed by atoms with Crippen molar-refractivity contribution >= 4 is 23.7 Å². The highest BCUT2D eigenvalue weighted by Gasteiger charge is 2.35. The van der Waals surface area contributed by atoms with Gasteiger partial charge in [0.05, 0.1) is 6.04 Å². The van der Waals surface area contributed by atoms with E-state index in [9.17, 15) is 14.4 Å². The molecule has 1 atom stereocenters. The smallest absolute Gasteiger partial charge is 0.259 e. The maximum atomic E-state index is 12.3. The summed E-state index contributed by atoms with van der Waals surface area (Å²) in [5.41, 5.74) is 1.84. The molecule has 4 heteroatoms. The first-order valence-electron chi connectivity index (χ1n) is 6.13. The van der Waals surface area contributed by atoms with E-state index in [4.69, 9.17) is 0 Å². The maximum absolute atomic E-state index is 12.3. The van der Waals surface area contributed by atoms with Gasteiger partial charge in [-0.2, -0.15) is 0 Å². The molecule has 1 aliphatic heterocycles. The Hall–Kier alpha value is -2.23. The van der Waals surface area contributed by atoms with E-state index in [0.717, 1.165) is 5.56 Å². The molecule has 0 N–H and O–H groups in total. The van der Waals surface area contributed by atoms with Gasteiger partial charge in [-0.3, -0.25) is 9.69 Å². The van der Waals surface area contributed by atoms with Crippen LogP contribution in [0.15, 0.2) is 30.8 Å². The Balaban J connectivity index is 2.27. The van der Waals surface area contributed by atoms with E-state index in [0.29, 0.717) is 24.0 Å². The number of carbonyl (C=O) groups is 3. The predicted octanol–water partition coefficient (Wildman–Crippen LogP) is 2.05. The van der Waals surface area contributed by atoms with Crippen LogP contribution in [0, 0.1) is 0 Å². The number of carbonyl (C=O) groups excluding carboxylic acids is 3. The zero-order valence-electron chi connectivity index (χ0n) is 10.8. The third-order valence-electron chi connectivity index (χ3n) is 3.26. The number of benzene rings is 1. The molecule has 0 aromatic heterocycles. The van der Waals surface area contributed by atoms with Crippen molar-refractivity contribution in [1.82, 2.24) is 4.90 Å². The predicted molar refractivity (Wildman–Crippen MR) is 71.4 cm³/mol. The Morgan fingerprint density at radius 3 is 2.53 bits per heavy atom. The van der Waals surface area contributed by atoms with Crippen LogP contribution in [0.25, 0.3) is 5.70 Å². The van der Waals surface area contributed by atoms with Crippen LogP contribution in [0.1, 0.15) is 35.7 Å². The van der Waals surface area contributed by atoms with Crippen LogP contribution in [-0.4, -0.2) is 28.9 Å². The summed E-state index contributed by atoms with van der Waals surface area (Å²) >= 11 is 0. The number of nitrogens with zero attached hydrogens (tertiary/aromatic N) is 1. The molecule has 1 heterocycles. The minimum Gasteiger partial charge on any atom is -0.301 e. The molecule has 0 radical (unpaired) electrons. The quantitative estimate of drug-likeness (QED) is 0.758. The highest BCUT2D eigenvalue weighted by Crippen LogP contribution is 2.33. The van der Waals surface area contributed by atoms with Gasteiger partial charge in [-0.15, -0.1) is 0 Å². The number of rotatable bonds is 5. The molecule has 0 bridgehead atoms. The number of amides is 1. The van der Waals surface area contributed by atoms with Gasteiger partial charge in [0, 0.05) is 23.2 Å². The Labute approximate surface area is 111 Å². The lowest BCUT2D eigenvalue weighted by Gasteiger charge is -2.23. The van der Waals surface area contributed by atoms with E-state index >= 15 is 0 Å². The molecule has 1 unspecified atom stereocenters.